The average molecular weight is 286 g/mol. The highest BCUT2D eigenvalue weighted by atomic mass is 32.1. The Hall–Kier alpha value is -1.19. The Bertz CT molecular complexity index is 586. The van der Waals surface area contributed by atoms with Crippen molar-refractivity contribution >= 4 is 11.3 Å². The lowest BCUT2D eigenvalue weighted by Crippen LogP contribution is -2.20. The van der Waals surface area contributed by atoms with Crippen LogP contribution in [0.2, 0.25) is 0 Å². The van der Waals surface area contributed by atoms with Crippen molar-refractivity contribution in [3.05, 3.63) is 51.5 Å². The first-order valence-corrected chi connectivity index (χ1v) is 8.20. The zero-order chi connectivity index (χ0) is 14.2. The van der Waals surface area contributed by atoms with Crippen LogP contribution in [0.3, 0.4) is 0 Å². The fourth-order valence-electron chi connectivity index (χ4n) is 2.98. The van der Waals surface area contributed by atoms with Crippen LogP contribution < -0.4 is 5.73 Å². The lowest BCUT2D eigenvalue weighted by molar-refractivity contribution is 0.547. The zero-order valence-corrected chi connectivity index (χ0v) is 13.0. The van der Waals surface area contributed by atoms with Gasteiger partial charge in [-0.05, 0) is 38.7 Å². The summed E-state index contributed by atoms with van der Waals surface area (Å²) in [6, 6.07) is 10.7. The summed E-state index contributed by atoms with van der Waals surface area (Å²) in [6.45, 7) is 5.26. The van der Waals surface area contributed by atoms with Crippen LogP contribution in [0.5, 0.6) is 0 Å². The van der Waals surface area contributed by atoms with E-state index in [2.05, 4.69) is 44.2 Å². The maximum Gasteiger partial charge on any atom is 0.103 e. The Kier molecular flexibility index (Phi) is 3.65. The second kappa shape index (κ2) is 5.30. The van der Waals surface area contributed by atoms with Gasteiger partial charge in [0.2, 0.25) is 0 Å². The van der Waals surface area contributed by atoms with Gasteiger partial charge in [0.05, 0.1) is 5.69 Å². The molecule has 1 aromatic carbocycles. The van der Waals surface area contributed by atoms with Gasteiger partial charge in [-0.1, -0.05) is 30.3 Å². The summed E-state index contributed by atoms with van der Waals surface area (Å²) in [5, 5.41) is 1.23. The Labute approximate surface area is 125 Å². The van der Waals surface area contributed by atoms with Crippen molar-refractivity contribution in [1.29, 1.82) is 0 Å². The van der Waals surface area contributed by atoms with Gasteiger partial charge in [0.1, 0.15) is 5.01 Å². The van der Waals surface area contributed by atoms with E-state index in [0.717, 1.165) is 6.54 Å². The van der Waals surface area contributed by atoms with Gasteiger partial charge in [0, 0.05) is 22.8 Å². The minimum Gasteiger partial charge on any atom is -0.330 e. The fourth-order valence-corrected chi connectivity index (χ4v) is 4.30. The molecule has 2 N–H and O–H groups in total. The summed E-state index contributed by atoms with van der Waals surface area (Å²) in [5.41, 5.74) is 8.50. The monoisotopic (exact) mass is 286 g/mol. The van der Waals surface area contributed by atoms with Gasteiger partial charge in [0.25, 0.3) is 0 Å². The molecule has 2 nitrogen and oxygen atoms in total. The topological polar surface area (TPSA) is 38.9 Å². The molecule has 0 amide bonds. The van der Waals surface area contributed by atoms with Crippen LogP contribution in [0, 0.1) is 0 Å². The molecule has 1 aliphatic rings. The molecule has 0 saturated carbocycles. The van der Waals surface area contributed by atoms with Crippen molar-refractivity contribution in [3.63, 3.8) is 0 Å². The molecule has 0 radical (unpaired) electrons. The third kappa shape index (κ3) is 2.29. The van der Waals surface area contributed by atoms with Gasteiger partial charge >= 0.3 is 0 Å². The van der Waals surface area contributed by atoms with Crippen LogP contribution >= 0.6 is 11.3 Å². The molecule has 1 heterocycles. The molecular weight excluding hydrogens is 264 g/mol. The van der Waals surface area contributed by atoms with E-state index in [0.29, 0.717) is 5.92 Å². The molecule has 1 atom stereocenters. The number of aromatic nitrogens is 1. The maximum absolute atomic E-state index is 5.91. The summed E-state index contributed by atoms with van der Waals surface area (Å²) in [7, 11) is 0. The Morgan fingerprint density at radius 2 is 2.05 bits per heavy atom. The predicted octanol–water partition coefficient (Wildman–Crippen LogP) is 3.85. The molecule has 3 rings (SSSR count). The molecule has 2 aromatic rings. The zero-order valence-electron chi connectivity index (χ0n) is 12.2. The van der Waals surface area contributed by atoms with Crippen LogP contribution in [-0.2, 0) is 11.8 Å². The molecule has 0 bridgehead atoms. The Balaban J connectivity index is 2.01. The van der Waals surface area contributed by atoms with E-state index in [1.165, 1.54) is 40.4 Å². The van der Waals surface area contributed by atoms with Gasteiger partial charge in [-0.25, -0.2) is 4.98 Å². The van der Waals surface area contributed by atoms with Crippen LogP contribution in [0.4, 0.5) is 0 Å². The SMILES string of the molecule is CC(C)(c1ccccc1)c1nc2c(s1)CCCC2CN. The van der Waals surface area contributed by atoms with Crippen molar-refractivity contribution in [2.45, 2.75) is 44.4 Å². The van der Waals surface area contributed by atoms with Crippen LogP contribution in [-0.4, -0.2) is 11.5 Å². The van der Waals surface area contributed by atoms with E-state index in [1.54, 1.807) is 0 Å². The molecule has 0 aliphatic heterocycles. The number of benzene rings is 1. The van der Waals surface area contributed by atoms with Crippen molar-refractivity contribution in [2.24, 2.45) is 5.73 Å². The number of nitrogens with zero attached hydrogens (tertiary/aromatic N) is 1. The number of hydrogen-bond donors (Lipinski definition) is 1. The normalized spacial score (nSPS) is 18.9. The van der Waals surface area contributed by atoms with Crippen molar-refractivity contribution in [3.8, 4) is 0 Å². The lowest BCUT2D eigenvalue weighted by Gasteiger charge is -2.22. The number of fused-ring (bicyclic) bond motifs is 1. The van der Waals surface area contributed by atoms with E-state index in [1.807, 2.05) is 11.3 Å². The van der Waals surface area contributed by atoms with E-state index < -0.39 is 0 Å². The summed E-state index contributed by atoms with van der Waals surface area (Å²) >= 11 is 1.89. The maximum atomic E-state index is 5.91. The molecule has 0 fully saturated rings. The second-order valence-electron chi connectivity index (χ2n) is 6.14. The van der Waals surface area contributed by atoms with Crippen LogP contribution in [0.25, 0.3) is 0 Å². The van der Waals surface area contributed by atoms with Crippen molar-refractivity contribution in [2.75, 3.05) is 6.54 Å². The van der Waals surface area contributed by atoms with Crippen molar-refractivity contribution < 1.29 is 0 Å². The fraction of sp³-hybridized carbons (Fsp3) is 0.471. The smallest absolute Gasteiger partial charge is 0.103 e. The quantitative estimate of drug-likeness (QED) is 0.931. The molecule has 0 saturated heterocycles. The summed E-state index contributed by atoms with van der Waals surface area (Å²) < 4.78 is 0. The standard InChI is InChI=1S/C17H22N2S/c1-17(2,13-8-4-3-5-9-13)16-19-15-12(11-18)7-6-10-14(15)20-16/h3-5,8-9,12H,6-7,10-11,18H2,1-2H3. The summed E-state index contributed by atoms with van der Waals surface area (Å²) in [6.07, 6.45) is 3.62. The third-order valence-electron chi connectivity index (χ3n) is 4.39. The van der Waals surface area contributed by atoms with E-state index in [9.17, 15) is 0 Å². The molecule has 106 valence electrons. The first-order valence-electron chi connectivity index (χ1n) is 7.38. The molecule has 3 heteroatoms. The third-order valence-corrected chi connectivity index (χ3v) is 5.84. The highest BCUT2D eigenvalue weighted by Gasteiger charge is 2.31. The molecular formula is C17H22N2S. The van der Waals surface area contributed by atoms with Crippen LogP contribution in [0.15, 0.2) is 30.3 Å². The minimum atomic E-state index is -0.0254. The van der Waals surface area contributed by atoms with E-state index in [-0.39, 0.29) is 5.41 Å². The summed E-state index contributed by atoms with van der Waals surface area (Å²) in [4.78, 5) is 6.45. The minimum absolute atomic E-state index is 0.0254. The highest BCUT2D eigenvalue weighted by Crippen LogP contribution is 2.40. The Morgan fingerprint density at radius 1 is 1.30 bits per heavy atom. The number of thiazole rings is 1. The van der Waals surface area contributed by atoms with Gasteiger partial charge in [-0.15, -0.1) is 11.3 Å². The van der Waals surface area contributed by atoms with E-state index in [4.69, 9.17) is 10.7 Å². The lowest BCUT2D eigenvalue weighted by atomic mass is 9.85. The van der Waals surface area contributed by atoms with Crippen molar-refractivity contribution in [1.82, 2.24) is 4.98 Å². The number of rotatable bonds is 3. The van der Waals surface area contributed by atoms with Gasteiger partial charge in [0.15, 0.2) is 0 Å². The first kappa shape index (κ1) is 13.8. The van der Waals surface area contributed by atoms with Gasteiger partial charge in [-0.3, -0.25) is 0 Å². The average Bonchev–Trinajstić information content (AvgIpc) is 2.93. The van der Waals surface area contributed by atoms with E-state index >= 15 is 0 Å². The summed E-state index contributed by atoms with van der Waals surface area (Å²) in [5.74, 6) is 0.468. The van der Waals surface area contributed by atoms with Crippen LogP contribution in [0.1, 0.15) is 53.7 Å². The molecule has 1 aromatic heterocycles. The number of nitrogens with two attached hydrogens (primary N) is 1. The van der Waals surface area contributed by atoms with Gasteiger partial charge < -0.3 is 5.73 Å². The molecule has 1 aliphatic carbocycles. The largest absolute Gasteiger partial charge is 0.330 e. The second-order valence-corrected chi connectivity index (χ2v) is 7.23. The first-order chi connectivity index (χ1) is 9.63. The highest BCUT2D eigenvalue weighted by molar-refractivity contribution is 7.12. The molecule has 20 heavy (non-hydrogen) atoms. The predicted molar refractivity (Wildman–Crippen MR) is 85.4 cm³/mol. The molecule has 0 spiro atoms. The number of hydrogen-bond acceptors (Lipinski definition) is 3. The number of aryl methyl sites for hydroxylation is 1. The van der Waals surface area contributed by atoms with Gasteiger partial charge in [-0.2, -0.15) is 0 Å². The Morgan fingerprint density at radius 3 is 2.75 bits per heavy atom. The molecule has 1 unspecified atom stereocenters.